The molecule has 5 nitrogen and oxygen atoms in total. The fourth-order valence-electron chi connectivity index (χ4n) is 2.41. The van der Waals surface area contributed by atoms with Crippen LogP contribution in [0.25, 0.3) is 0 Å². The first-order valence-corrected chi connectivity index (χ1v) is 7.46. The number of nitrogens with zero attached hydrogens (tertiary/aromatic N) is 2. The van der Waals surface area contributed by atoms with E-state index in [0.29, 0.717) is 23.2 Å². The number of anilines is 1. The predicted octanol–water partition coefficient (Wildman–Crippen LogP) is 3.81. The van der Waals surface area contributed by atoms with Crippen molar-refractivity contribution in [1.82, 2.24) is 0 Å². The Kier molecular flexibility index (Phi) is 4.60. The van der Waals surface area contributed by atoms with Crippen LogP contribution in [0.4, 0.5) is 11.4 Å². The highest BCUT2D eigenvalue weighted by atomic mass is 16.6. The molecule has 1 aliphatic carbocycles. The smallest absolute Gasteiger partial charge is 0.293 e. The molecular weight excluding hydrogens is 268 g/mol. The quantitative estimate of drug-likeness (QED) is 0.435. The van der Waals surface area contributed by atoms with Crippen molar-refractivity contribution in [3.8, 4) is 0 Å². The summed E-state index contributed by atoms with van der Waals surface area (Å²) in [7, 11) is 0. The molecule has 0 amide bonds. The van der Waals surface area contributed by atoms with E-state index in [1.165, 1.54) is 13.0 Å². The van der Waals surface area contributed by atoms with Crippen LogP contribution in [-0.4, -0.2) is 23.3 Å². The monoisotopic (exact) mass is 290 g/mol. The minimum Gasteiger partial charge on any atom is -0.363 e. The van der Waals surface area contributed by atoms with Crippen LogP contribution in [-0.2, 0) is 0 Å². The topological polar surface area (TPSA) is 63.5 Å². The number of nitro groups is 1. The average Bonchev–Trinajstić information content (AvgIpc) is 3.23. The van der Waals surface area contributed by atoms with Gasteiger partial charge in [-0.3, -0.25) is 14.9 Å². The number of hydrogen-bond donors (Lipinski definition) is 0. The van der Waals surface area contributed by atoms with Crippen molar-refractivity contribution in [3.63, 3.8) is 0 Å². The van der Waals surface area contributed by atoms with Crippen molar-refractivity contribution in [1.29, 1.82) is 0 Å². The zero-order valence-corrected chi connectivity index (χ0v) is 12.8. The number of carbonyl (C=O) groups is 1. The summed E-state index contributed by atoms with van der Waals surface area (Å²) < 4.78 is 0. The summed E-state index contributed by atoms with van der Waals surface area (Å²) >= 11 is 0. The molecule has 0 bridgehead atoms. The Labute approximate surface area is 125 Å². The lowest BCUT2D eigenvalue weighted by Crippen LogP contribution is -2.28. The molecule has 1 aromatic carbocycles. The zero-order chi connectivity index (χ0) is 15.6. The molecule has 0 heterocycles. The molecule has 1 aromatic rings. The Morgan fingerprint density at radius 3 is 2.57 bits per heavy atom. The lowest BCUT2D eigenvalue weighted by molar-refractivity contribution is -0.384. The van der Waals surface area contributed by atoms with Gasteiger partial charge in [0.2, 0.25) is 0 Å². The van der Waals surface area contributed by atoms with Gasteiger partial charge in [-0.1, -0.05) is 13.8 Å². The van der Waals surface area contributed by atoms with Crippen LogP contribution in [0.3, 0.4) is 0 Å². The van der Waals surface area contributed by atoms with Gasteiger partial charge in [-0.15, -0.1) is 0 Å². The second-order valence-electron chi connectivity index (χ2n) is 6.12. The van der Waals surface area contributed by atoms with Crippen molar-refractivity contribution in [2.24, 2.45) is 5.92 Å². The van der Waals surface area contributed by atoms with E-state index < -0.39 is 0 Å². The molecule has 0 saturated heterocycles. The average molecular weight is 290 g/mol. The van der Waals surface area contributed by atoms with Crippen LogP contribution >= 0.6 is 0 Å². The third-order valence-corrected chi connectivity index (χ3v) is 3.82. The summed E-state index contributed by atoms with van der Waals surface area (Å²) in [4.78, 5) is 24.5. The van der Waals surface area contributed by atoms with Gasteiger partial charge in [-0.25, -0.2) is 0 Å². The number of ketones is 1. The van der Waals surface area contributed by atoms with Crippen LogP contribution in [0.5, 0.6) is 0 Å². The Morgan fingerprint density at radius 1 is 1.43 bits per heavy atom. The highest BCUT2D eigenvalue weighted by Gasteiger charge is 2.33. The van der Waals surface area contributed by atoms with Crippen LogP contribution in [0.1, 0.15) is 50.4 Å². The summed E-state index contributed by atoms with van der Waals surface area (Å²) in [5.41, 5.74) is 1.08. The molecule has 0 atom stereocenters. The maximum Gasteiger partial charge on any atom is 0.293 e. The van der Waals surface area contributed by atoms with E-state index in [4.69, 9.17) is 0 Å². The van der Waals surface area contributed by atoms with E-state index in [0.717, 1.165) is 25.8 Å². The number of Topliss-reactive ketones (excluding diaryl/α,β-unsaturated/α-hetero) is 1. The molecule has 0 aromatic heterocycles. The Bertz CT molecular complexity index is 550. The Morgan fingerprint density at radius 2 is 2.10 bits per heavy atom. The van der Waals surface area contributed by atoms with Crippen molar-refractivity contribution in [2.75, 3.05) is 11.4 Å². The lowest BCUT2D eigenvalue weighted by Gasteiger charge is -2.25. The summed E-state index contributed by atoms with van der Waals surface area (Å²) in [5.74, 6) is 0.409. The van der Waals surface area contributed by atoms with Gasteiger partial charge in [-0.05, 0) is 44.2 Å². The summed E-state index contributed by atoms with van der Waals surface area (Å²) in [6.07, 6.45) is 3.18. The molecule has 1 saturated carbocycles. The number of benzene rings is 1. The van der Waals surface area contributed by atoms with E-state index in [1.54, 1.807) is 12.1 Å². The van der Waals surface area contributed by atoms with Crippen molar-refractivity contribution >= 4 is 17.2 Å². The van der Waals surface area contributed by atoms with Gasteiger partial charge in [0.15, 0.2) is 5.78 Å². The maximum atomic E-state index is 11.4. The zero-order valence-electron chi connectivity index (χ0n) is 12.8. The highest BCUT2D eigenvalue weighted by molar-refractivity contribution is 5.95. The molecule has 21 heavy (non-hydrogen) atoms. The largest absolute Gasteiger partial charge is 0.363 e. The van der Waals surface area contributed by atoms with Gasteiger partial charge in [0.05, 0.1) is 4.92 Å². The molecule has 2 rings (SSSR count). The maximum absolute atomic E-state index is 11.4. The number of rotatable bonds is 7. The first-order valence-electron chi connectivity index (χ1n) is 7.46. The third-order valence-electron chi connectivity index (χ3n) is 3.82. The normalized spacial score (nSPS) is 14.3. The summed E-state index contributed by atoms with van der Waals surface area (Å²) in [6.45, 7) is 6.55. The number of hydrogen-bond acceptors (Lipinski definition) is 4. The molecule has 0 spiro atoms. The molecule has 114 valence electrons. The first kappa shape index (κ1) is 15.5. The van der Waals surface area contributed by atoms with E-state index in [-0.39, 0.29) is 16.4 Å². The molecule has 1 aliphatic rings. The fourth-order valence-corrected chi connectivity index (χ4v) is 2.41. The minimum atomic E-state index is -0.382. The van der Waals surface area contributed by atoms with Crippen LogP contribution in [0.2, 0.25) is 0 Å². The van der Waals surface area contributed by atoms with Gasteiger partial charge < -0.3 is 4.90 Å². The molecule has 0 aliphatic heterocycles. The van der Waals surface area contributed by atoms with Gasteiger partial charge in [0.1, 0.15) is 5.69 Å². The molecule has 5 heteroatoms. The van der Waals surface area contributed by atoms with Crippen LogP contribution < -0.4 is 4.90 Å². The van der Waals surface area contributed by atoms with Crippen molar-refractivity contribution in [2.45, 2.75) is 46.1 Å². The Balaban J connectivity index is 2.34. The van der Waals surface area contributed by atoms with Crippen molar-refractivity contribution < 1.29 is 9.72 Å². The van der Waals surface area contributed by atoms with E-state index >= 15 is 0 Å². The Hall–Kier alpha value is -1.91. The molecular formula is C16H22N2O3. The molecule has 0 N–H and O–H groups in total. The highest BCUT2D eigenvalue weighted by Crippen LogP contribution is 2.37. The summed E-state index contributed by atoms with van der Waals surface area (Å²) in [6, 6.07) is 5.23. The third kappa shape index (κ3) is 3.80. The second-order valence-corrected chi connectivity index (χ2v) is 6.12. The van der Waals surface area contributed by atoms with Gasteiger partial charge >= 0.3 is 0 Å². The van der Waals surface area contributed by atoms with Gasteiger partial charge in [0.25, 0.3) is 5.69 Å². The van der Waals surface area contributed by atoms with E-state index in [1.807, 2.05) is 0 Å². The minimum absolute atomic E-state index is 0.0401. The first-order chi connectivity index (χ1) is 9.90. The SMILES string of the molecule is CC(=O)c1ccc(N(CCC(C)C)C2CC2)c([N+](=O)[O-])c1. The number of carbonyl (C=O) groups excluding carboxylic acids is 1. The summed E-state index contributed by atoms with van der Waals surface area (Å²) in [5, 5.41) is 11.3. The predicted molar refractivity (Wildman–Crippen MR) is 82.9 cm³/mol. The van der Waals surface area contributed by atoms with E-state index in [9.17, 15) is 14.9 Å². The lowest BCUT2D eigenvalue weighted by atomic mass is 10.1. The van der Waals surface area contributed by atoms with Gasteiger partial charge in [0, 0.05) is 24.2 Å². The fraction of sp³-hybridized carbons (Fsp3) is 0.562. The van der Waals surface area contributed by atoms with Crippen molar-refractivity contribution in [3.05, 3.63) is 33.9 Å². The van der Waals surface area contributed by atoms with Crippen LogP contribution in [0.15, 0.2) is 18.2 Å². The van der Waals surface area contributed by atoms with Crippen LogP contribution in [0, 0.1) is 16.0 Å². The molecule has 0 unspecified atom stereocenters. The molecule has 0 radical (unpaired) electrons. The standard InChI is InChI=1S/C16H22N2O3/c1-11(2)8-9-17(14-5-6-14)15-7-4-13(12(3)19)10-16(15)18(20)21/h4,7,10-11,14H,5-6,8-9H2,1-3H3. The second kappa shape index (κ2) is 6.24. The van der Waals surface area contributed by atoms with Gasteiger partial charge in [-0.2, -0.15) is 0 Å². The van der Waals surface area contributed by atoms with E-state index in [2.05, 4.69) is 18.7 Å². The number of nitro benzene ring substituents is 1. The molecule has 1 fully saturated rings.